The minimum atomic E-state index is -1.11. The van der Waals surface area contributed by atoms with Crippen molar-refractivity contribution in [3.63, 3.8) is 0 Å². The molecular formula is C5H9N2O2-. The number of carboxylic acid groups (broad SMARTS) is 1. The van der Waals surface area contributed by atoms with Gasteiger partial charge in [-0.2, -0.15) is 0 Å². The van der Waals surface area contributed by atoms with Crippen LogP contribution in [0.3, 0.4) is 0 Å². The van der Waals surface area contributed by atoms with Gasteiger partial charge in [0.1, 0.15) is 6.09 Å². The molecule has 0 bridgehead atoms. The van der Waals surface area contributed by atoms with Gasteiger partial charge in [-0.1, -0.05) is 0 Å². The summed E-state index contributed by atoms with van der Waals surface area (Å²) in [5.74, 6) is 0. The molecule has 4 heteroatoms. The van der Waals surface area contributed by atoms with Crippen LogP contribution in [0.25, 0.3) is 0 Å². The summed E-state index contributed by atoms with van der Waals surface area (Å²) in [6.45, 7) is 0.964. The summed E-state index contributed by atoms with van der Waals surface area (Å²) in [7, 11) is 0. The van der Waals surface area contributed by atoms with Crippen LogP contribution in [0.15, 0.2) is 0 Å². The standard InChI is InChI=1S/C5H10N2O2/c6-4-1-2-7(3-4)5(8)9/h4H,1-3,6H2,(H,8,9)/p-1. The van der Waals surface area contributed by atoms with E-state index in [9.17, 15) is 9.90 Å². The van der Waals surface area contributed by atoms with Gasteiger partial charge < -0.3 is 20.5 Å². The van der Waals surface area contributed by atoms with E-state index < -0.39 is 6.09 Å². The zero-order chi connectivity index (χ0) is 6.85. The molecule has 4 nitrogen and oxygen atoms in total. The highest BCUT2D eigenvalue weighted by Crippen LogP contribution is 2.04. The SMILES string of the molecule is NC1CCN(C(=O)[O-])C1. The van der Waals surface area contributed by atoms with Crippen molar-refractivity contribution in [2.24, 2.45) is 5.73 Å². The first-order valence-electron chi connectivity index (χ1n) is 2.91. The second-order valence-electron chi connectivity index (χ2n) is 2.26. The van der Waals surface area contributed by atoms with Gasteiger partial charge in [-0.05, 0) is 6.42 Å². The van der Waals surface area contributed by atoms with Crippen molar-refractivity contribution in [3.8, 4) is 0 Å². The predicted octanol–water partition coefficient (Wildman–Crippen LogP) is -1.64. The highest BCUT2D eigenvalue weighted by atomic mass is 16.4. The molecule has 0 aromatic rings. The average molecular weight is 129 g/mol. The molecule has 0 aromatic carbocycles. The van der Waals surface area contributed by atoms with Crippen molar-refractivity contribution in [2.45, 2.75) is 12.5 Å². The molecule has 52 valence electrons. The molecule has 1 saturated heterocycles. The first-order valence-corrected chi connectivity index (χ1v) is 2.91. The first kappa shape index (κ1) is 6.35. The Morgan fingerprint density at radius 2 is 2.44 bits per heavy atom. The number of nitrogens with zero attached hydrogens (tertiary/aromatic N) is 1. The molecule has 2 N–H and O–H groups in total. The highest BCUT2D eigenvalue weighted by molar-refractivity contribution is 5.62. The Morgan fingerprint density at radius 1 is 1.78 bits per heavy atom. The van der Waals surface area contributed by atoms with Crippen LogP contribution in [-0.4, -0.2) is 30.1 Å². The van der Waals surface area contributed by atoms with Crippen LogP contribution in [-0.2, 0) is 0 Å². The van der Waals surface area contributed by atoms with Crippen molar-refractivity contribution >= 4 is 6.09 Å². The molecule has 1 aliphatic rings. The van der Waals surface area contributed by atoms with Crippen molar-refractivity contribution < 1.29 is 9.90 Å². The molecule has 1 unspecified atom stereocenters. The van der Waals surface area contributed by atoms with Crippen LogP contribution in [0.2, 0.25) is 0 Å². The maximum absolute atomic E-state index is 10.1. The monoisotopic (exact) mass is 129 g/mol. The average Bonchev–Trinajstić information content (AvgIpc) is 2.14. The molecule has 0 aliphatic carbocycles. The molecule has 1 rings (SSSR count). The van der Waals surface area contributed by atoms with E-state index >= 15 is 0 Å². The fraction of sp³-hybridized carbons (Fsp3) is 0.800. The number of carbonyl (C=O) groups is 1. The quantitative estimate of drug-likeness (QED) is 0.426. The zero-order valence-electron chi connectivity index (χ0n) is 5.04. The van der Waals surface area contributed by atoms with E-state index in [1.807, 2.05) is 0 Å². The molecule has 0 aromatic heterocycles. The maximum Gasteiger partial charge on any atom is 0.136 e. The van der Waals surface area contributed by atoms with Crippen molar-refractivity contribution in [1.82, 2.24) is 4.90 Å². The fourth-order valence-corrected chi connectivity index (χ4v) is 0.953. The molecule has 1 atom stereocenters. The van der Waals surface area contributed by atoms with Gasteiger partial charge in [0.25, 0.3) is 0 Å². The van der Waals surface area contributed by atoms with Crippen molar-refractivity contribution in [1.29, 1.82) is 0 Å². The minimum absolute atomic E-state index is 0.0166. The summed E-state index contributed by atoms with van der Waals surface area (Å²) in [6.07, 6.45) is -0.350. The van der Waals surface area contributed by atoms with Gasteiger partial charge in [-0.3, -0.25) is 0 Å². The van der Waals surface area contributed by atoms with Gasteiger partial charge in [-0.25, -0.2) is 0 Å². The summed E-state index contributed by atoms with van der Waals surface area (Å²) >= 11 is 0. The largest absolute Gasteiger partial charge is 0.530 e. The summed E-state index contributed by atoms with van der Waals surface area (Å²) in [5.41, 5.74) is 5.43. The second-order valence-corrected chi connectivity index (χ2v) is 2.26. The summed E-state index contributed by atoms with van der Waals surface area (Å²) in [4.78, 5) is 11.3. The maximum atomic E-state index is 10.1. The number of amides is 1. The predicted molar refractivity (Wildman–Crippen MR) is 29.6 cm³/mol. The molecule has 0 saturated carbocycles. The third kappa shape index (κ3) is 1.32. The first-order chi connectivity index (χ1) is 4.20. The van der Waals surface area contributed by atoms with E-state index in [-0.39, 0.29) is 6.04 Å². The Balaban J connectivity index is 2.39. The Labute approximate surface area is 53.2 Å². The fourth-order valence-electron chi connectivity index (χ4n) is 0.953. The van der Waals surface area contributed by atoms with Crippen LogP contribution in [0, 0.1) is 0 Å². The number of hydrogen-bond donors (Lipinski definition) is 1. The van der Waals surface area contributed by atoms with E-state index in [0.717, 1.165) is 6.42 Å². The summed E-state index contributed by atoms with van der Waals surface area (Å²) < 4.78 is 0. The molecule has 0 radical (unpaired) electrons. The van der Waals surface area contributed by atoms with Gasteiger partial charge in [-0.15, -0.1) is 0 Å². The van der Waals surface area contributed by atoms with Crippen molar-refractivity contribution in [3.05, 3.63) is 0 Å². The Kier molecular flexibility index (Phi) is 1.57. The number of carbonyl (C=O) groups excluding carboxylic acids is 1. The Bertz CT molecular complexity index is 126. The van der Waals surface area contributed by atoms with Crippen LogP contribution in [0.1, 0.15) is 6.42 Å². The topological polar surface area (TPSA) is 69.4 Å². The van der Waals surface area contributed by atoms with Gasteiger partial charge in [0.05, 0.1) is 0 Å². The summed E-state index contributed by atoms with van der Waals surface area (Å²) in [6, 6.07) is 0.0166. The number of likely N-dealkylation sites (tertiary alicyclic amines) is 1. The number of rotatable bonds is 0. The van der Waals surface area contributed by atoms with Crippen LogP contribution in [0.5, 0.6) is 0 Å². The number of hydrogen-bond acceptors (Lipinski definition) is 3. The Morgan fingerprint density at radius 3 is 2.67 bits per heavy atom. The molecule has 1 amide bonds. The lowest BCUT2D eigenvalue weighted by molar-refractivity contribution is -0.264. The van der Waals surface area contributed by atoms with Gasteiger partial charge in [0.15, 0.2) is 0 Å². The van der Waals surface area contributed by atoms with Crippen molar-refractivity contribution in [2.75, 3.05) is 13.1 Å². The van der Waals surface area contributed by atoms with Gasteiger partial charge >= 0.3 is 0 Å². The van der Waals surface area contributed by atoms with E-state index in [2.05, 4.69) is 0 Å². The lowest BCUT2D eigenvalue weighted by Crippen LogP contribution is -2.40. The normalized spacial score (nSPS) is 26.8. The minimum Gasteiger partial charge on any atom is -0.530 e. The third-order valence-electron chi connectivity index (χ3n) is 1.48. The van der Waals surface area contributed by atoms with Gasteiger partial charge in [0, 0.05) is 19.1 Å². The Hall–Kier alpha value is -0.770. The van der Waals surface area contributed by atoms with Gasteiger partial charge in [0.2, 0.25) is 0 Å². The highest BCUT2D eigenvalue weighted by Gasteiger charge is 2.17. The molecule has 1 aliphatic heterocycles. The van der Waals surface area contributed by atoms with E-state index in [4.69, 9.17) is 5.73 Å². The zero-order valence-corrected chi connectivity index (χ0v) is 5.04. The van der Waals surface area contributed by atoms with E-state index in [1.54, 1.807) is 0 Å². The smallest absolute Gasteiger partial charge is 0.136 e. The lowest BCUT2D eigenvalue weighted by Gasteiger charge is -2.17. The van der Waals surface area contributed by atoms with Crippen LogP contribution >= 0.6 is 0 Å². The number of nitrogens with two attached hydrogens (primary N) is 1. The molecule has 0 spiro atoms. The third-order valence-corrected chi connectivity index (χ3v) is 1.48. The van der Waals surface area contributed by atoms with E-state index in [0.29, 0.717) is 13.1 Å². The molecule has 1 fully saturated rings. The summed E-state index contributed by atoms with van der Waals surface area (Å²) in [5, 5.41) is 10.1. The van der Waals surface area contributed by atoms with E-state index in [1.165, 1.54) is 4.90 Å². The lowest BCUT2D eigenvalue weighted by atomic mass is 10.3. The molecular weight excluding hydrogens is 120 g/mol. The molecule has 9 heavy (non-hydrogen) atoms. The molecule has 1 heterocycles. The second kappa shape index (κ2) is 2.23. The van der Waals surface area contributed by atoms with Crippen LogP contribution in [0.4, 0.5) is 4.79 Å². The van der Waals surface area contributed by atoms with Crippen LogP contribution < -0.4 is 10.8 Å².